The van der Waals surface area contributed by atoms with Crippen molar-refractivity contribution in [3.05, 3.63) is 0 Å². The molecule has 0 saturated carbocycles. The maximum absolute atomic E-state index is 10.2. The Morgan fingerprint density at radius 3 is 2.40 bits per heavy atom. The third-order valence-electron chi connectivity index (χ3n) is 0.832. The Labute approximate surface area is 58.3 Å². The first kappa shape index (κ1) is 8.90. The number of hydrogen-bond acceptors (Lipinski definition) is 4. The van der Waals surface area contributed by atoms with E-state index in [1.165, 1.54) is 6.92 Å². The topological polar surface area (TPSA) is 95.4 Å². The van der Waals surface area contributed by atoms with E-state index in [1.807, 2.05) is 0 Å². The Kier molecular flexibility index (Phi) is 3.42. The van der Waals surface area contributed by atoms with Crippen molar-refractivity contribution in [3.63, 3.8) is 0 Å². The standard InChI is InChI=1S/C5H10N2O3/c1-3(8)10-2-4(6)5(7)9/h4H,2,6H2,1H3,(H2,7,9). The molecule has 0 spiro atoms. The van der Waals surface area contributed by atoms with E-state index in [4.69, 9.17) is 11.5 Å². The monoisotopic (exact) mass is 146 g/mol. The van der Waals surface area contributed by atoms with Gasteiger partial charge in [-0.25, -0.2) is 0 Å². The second kappa shape index (κ2) is 3.84. The van der Waals surface area contributed by atoms with Gasteiger partial charge in [0.1, 0.15) is 12.6 Å². The van der Waals surface area contributed by atoms with E-state index in [2.05, 4.69) is 4.74 Å². The van der Waals surface area contributed by atoms with Gasteiger partial charge in [-0.1, -0.05) is 0 Å². The summed E-state index contributed by atoms with van der Waals surface area (Å²) in [4.78, 5) is 20.4. The van der Waals surface area contributed by atoms with E-state index >= 15 is 0 Å². The van der Waals surface area contributed by atoms with Crippen molar-refractivity contribution in [3.8, 4) is 0 Å². The normalized spacial score (nSPS) is 12.2. The van der Waals surface area contributed by atoms with Gasteiger partial charge in [0.15, 0.2) is 0 Å². The number of nitrogens with two attached hydrogens (primary N) is 2. The minimum atomic E-state index is -0.899. The predicted octanol–water partition coefficient (Wildman–Crippen LogP) is -1.64. The number of hydrogen-bond donors (Lipinski definition) is 2. The van der Waals surface area contributed by atoms with Crippen LogP contribution in [0.2, 0.25) is 0 Å². The maximum Gasteiger partial charge on any atom is 0.302 e. The average Bonchev–Trinajstić information content (AvgIpc) is 1.82. The average molecular weight is 146 g/mol. The summed E-state index contributed by atoms with van der Waals surface area (Å²) in [6.07, 6.45) is 0. The lowest BCUT2D eigenvalue weighted by Gasteiger charge is -2.05. The van der Waals surface area contributed by atoms with Gasteiger partial charge in [0.25, 0.3) is 0 Å². The zero-order valence-corrected chi connectivity index (χ0v) is 5.66. The lowest BCUT2D eigenvalue weighted by atomic mass is 10.3. The summed E-state index contributed by atoms with van der Waals surface area (Å²) in [6, 6.07) is -0.899. The van der Waals surface area contributed by atoms with Crippen molar-refractivity contribution < 1.29 is 14.3 Å². The fraction of sp³-hybridized carbons (Fsp3) is 0.600. The van der Waals surface area contributed by atoms with E-state index in [-0.39, 0.29) is 6.61 Å². The van der Waals surface area contributed by atoms with Crippen LogP contribution in [0.3, 0.4) is 0 Å². The number of esters is 1. The van der Waals surface area contributed by atoms with Crippen LogP contribution in [0.4, 0.5) is 0 Å². The van der Waals surface area contributed by atoms with Crippen LogP contribution >= 0.6 is 0 Å². The quantitative estimate of drug-likeness (QED) is 0.467. The van der Waals surface area contributed by atoms with Crippen molar-refractivity contribution in [1.29, 1.82) is 0 Å². The number of amides is 1. The molecule has 0 saturated heterocycles. The Hall–Kier alpha value is -1.10. The molecule has 1 atom stereocenters. The molecule has 1 unspecified atom stereocenters. The second-order valence-electron chi connectivity index (χ2n) is 1.81. The molecule has 0 aliphatic rings. The molecular formula is C5H10N2O3. The fourth-order valence-electron chi connectivity index (χ4n) is 0.289. The molecule has 4 N–H and O–H groups in total. The van der Waals surface area contributed by atoms with E-state index in [0.717, 1.165) is 0 Å². The smallest absolute Gasteiger partial charge is 0.302 e. The summed E-state index contributed by atoms with van der Waals surface area (Å²) in [6.45, 7) is 1.08. The van der Waals surface area contributed by atoms with Gasteiger partial charge in [-0.15, -0.1) is 0 Å². The van der Waals surface area contributed by atoms with Crippen LogP contribution in [0.5, 0.6) is 0 Å². The largest absolute Gasteiger partial charge is 0.464 e. The van der Waals surface area contributed by atoms with Gasteiger partial charge < -0.3 is 16.2 Å². The highest BCUT2D eigenvalue weighted by molar-refractivity contribution is 5.80. The molecule has 0 rings (SSSR count). The molecule has 0 aliphatic heterocycles. The summed E-state index contributed by atoms with van der Waals surface area (Å²) in [7, 11) is 0. The van der Waals surface area contributed by atoms with E-state index in [0.29, 0.717) is 0 Å². The summed E-state index contributed by atoms with van der Waals surface area (Å²) < 4.78 is 4.40. The molecule has 0 aromatic rings. The minimum Gasteiger partial charge on any atom is -0.464 e. The molecule has 10 heavy (non-hydrogen) atoms. The molecular weight excluding hydrogens is 136 g/mol. The lowest BCUT2D eigenvalue weighted by molar-refractivity contribution is -0.142. The number of carbonyl (C=O) groups is 2. The van der Waals surface area contributed by atoms with E-state index in [1.54, 1.807) is 0 Å². The summed E-state index contributed by atoms with van der Waals surface area (Å²) in [5.74, 6) is -1.15. The first-order chi connectivity index (χ1) is 4.54. The van der Waals surface area contributed by atoms with Gasteiger partial charge in [0.2, 0.25) is 5.91 Å². The Morgan fingerprint density at radius 2 is 2.10 bits per heavy atom. The van der Waals surface area contributed by atoms with E-state index < -0.39 is 17.9 Å². The van der Waals surface area contributed by atoms with Crippen LogP contribution in [0.1, 0.15) is 6.92 Å². The third-order valence-corrected chi connectivity index (χ3v) is 0.832. The molecule has 1 amide bonds. The first-order valence-corrected chi connectivity index (χ1v) is 2.72. The number of carbonyl (C=O) groups excluding carboxylic acids is 2. The van der Waals surface area contributed by atoms with E-state index in [9.17, 15) is 9.59 Å². The first-order valence-electron chi connectivity index (χ1n) is 2.72. The molecule has 5 nitrogen and oxygen atoms in total. The minimum absolute atomic E-state index is 0.148. The molecule has 0 radical (unpaired) electrons. The number of rotatable bonds is 3. The molecule has 0 heterocycles. The summed E-state index contributed by atoms with van der Waals surface area (Å²) in [5.41, 5.74) is 9.88. The van der Waals surface area contributed by atoms with Gasteiger partial charge in [-0.3, -0.25) is 9.59 Å². The zero-order valence-electron chi connectivity index (χ0n) is 5.66. The third kappa shape index (κ3) is 3.85. The maximum atomic E-state index is 10.2. The fourth-order valence-corrected chi connectivity index (χ4v) is 0.289. The highest BCUT2D eigenvalue weighted by atomic mass is 16.5. The summed E-state index contributed by atoms with van der Waals surface area (Å²) >= 11 is 0. The highest BCUT2D eigenvalue weighted by Gasteiger charge is 2.09. The predicted molar refractivity (Wildman–Crippen MR) is 33.8 cm³/mol. The van der Waals surface area contributed by atoms with Crippen LogP contribution in [-0.4, -0.2) is 24.5 Å². The molecule has 5 heteroatoms. The molecule has 0 aromatic heterocycles. The van der Waals surface area contributed by atoms with Crippen molar-refractivity contribution in [2.75, 3.05) is 6.61 Å². The van der Waals surface area contributed by atoms with Crippen LogP contribution in [0.25, 0.3) is 0 Å². The van der Waals surface area contributed by atoms with Crippen LogP contribution < -0.4 is 11.5 Å². The molecule has 0 aromatic carbocycles. The molecule has 0 fully saturated rings. The van der Waals surface area contributed by atoms with Crippen molar-refractivity contribution in [1.82, 2.24) is 0 Å². The van der Waals surface area contributed by atoms with Crippen LogP contribution in [0, 0.1) is 0 Å². The lowest BCUT2D eigenvalue weighted by Crippen LogP contribution is -2.40. The Balaban J connectivity index is 3.49. The molecule has 0 aliphatic carbocycles. The number of ether oxygens (including phenoxy) is 1. The SMILES string of the molecule is CC(=O)OCC(N)C(N)=O. The van der Waals surface area contributed by atoms with Crippen molar-refractivity contribution >= 4 is 11.9 Å². The van der Waals surface area contributed by atoms with Gasteiger partial charge in [0, 0.05) is 6.92 Å². The highest BCUT2D eigenvalue weighted by Crippen LogP contribution is 1.80. The van der Waals surface area contributed by atoms with Gasteiger partial charge in [-0.05, 0) is 0 Å². The summed E-state index contributed by atoms with van der Waals surface area (Å²) in [5, 5.41) is 0. The van der Waals surface area contributed by atoms with Gasteiger partial charge >= 0.3 is 5.97 Å². The Bertz CT molecular complexity index is 146. The molecule has 0 bridgehead atoms. The number of primary amides is 1. The Morgan fingerprint density at radius 1 is 1.60 bits per heavy atom. The van der Waals surface area contributed by atoms with Crippen molar-refractivity contribution in [2.45, 2.75) is 13.0 Å². The molecule has 58 valence electrons. The van der Waals surface area contributed by atoms with Gasteiger partial charge in [0.05, 0.1) is 0 Å². The van der Waals surface area contributed by atoms with Gasteiger partial charge in [-0.2, -0.15) is 0 Å². The van der Waals surface area contributed by atoms with Crippen molar-refractivity contribution in [2.24, 2.45) is 11.5 Å². The van der Waals surface area contributed by atoms with Crippen LogP contribution in [0.15, 0.2) is 0 Å². The second-order valence-corrected chi connectivity index (χ2v) is 1.81. The zero-order chi connectivity index (χ0) is 8.15. The van der Waals surface area contributed by atoms with Crippen LogP contribution in [-0.2, 0) is 14.3 Å².